The smallest absolute Gasteiger partial charge is 0.305 e. The predicted octanol–water partition coefficient (Wildman–Crippen LogP) is -5.55. The zero-order valence-corrected chi connectivity index (χ0v) is 75.7. The van der Waals surface area contributed by atoms with E-state index in [4.69, 9.17) is 5.73 Å². The topological polar surface area (TPSA) is 716 Å². The fourth-order valence-corrected chi connectivity index (χ4v) is 14.2. The highest BCUT2D eigenvalue weighted by Gasteiger charge is 2.41. The molecule has 1 unspecified atom stereocenters. The van der Waals surface area contributed by atoms with Crippen molar-refractivity contribution >= 4 is 124 Å². The van der Waals surface area contributed by atoms with Gasteiger partial charge >= 0.3 is 17.9 Å². The zero-order valence-electron chi connectivity index (χ0n) is 74.9. The number of amides is 16. The molecule has 0 aromatic heterocycles. The average molecular weight is 1880 g/mol. The summed E-state index contributed by atoms with van der Waals surface area (Å²) in [5, 5.41) is 128. The van der Waals surface area contributed by atoms with Crippen LogP contribution in [-0.2, 0) is 110 Å². The number of aliphatic hydroxyl groups excluding tert-OH is 4. The Bertz CT molecular complexity index is 4400. The fraction of sp³-hybridized carbons (Fsp3) is 0.570. The third-order valence-corrected chi connectivity index (χ3v) is 22.0. The normalized spacial score (nSPS) is 16.1. The van der Waals surface area contributed by atoms with Crippen LogP contribution in [0, 0.1) is 17.8 Å². The predicted molar refractivity (Wildman–Crippen MR) is 474 cm³/mol. The van der Waals surface area contributed by atoms with Crippen LogP contribution in [0.2, 0.25) is 0 Å². The number of carboxylic acids is 3. The molecule has 1 aliphatic heterocycles. The highest BCUT2D eigenvalue weighted by Crippen LogP contribution is 2.20. The summed E-state index contributed by atoms with van der Waals surface area (Å²) in [5.74, 6) is -23.5. The number of hydrogen-bond acceptors (Lipinski definition) is 27. The summed E-state index contributed by atoms with van der Waals surface area (Å²) in [5.41, 5.74) is 6.50. The molecule has 26 N–H and O–H groups in total. The minimum absolute atomic E-state index is 0.0162. The van der Waals surface area contributed by atoms with Crippen LogP contribution in [0.5, 0.6) is 11.5 Å². The Morgan fingerprint density at radius 1 is 0.447 bits per heavy atom. The summed E-state index contributed by atoms with van der Waals surface area (Å²) >= 11 is 0.866. The van der Waals surface area contributed by atoms with E-state index in [1.54, 1.807) is 50.8 Å². The number of hydrogen-bond donors (Lipinski definition) is 25. The molecule has 3 aromatic rings. The van der Waals surface area contributed by atoms with Crippen LogP contribution in [0.1, 0.15) is 143 Å². The number of benzene rings is 3. The first-order chi connectivity index (χ1) is 62.4. The Hall–Kier alpha value is -12.7. The van der Waals surface area contributed by atoms with Gasteiger partial charge in [0, 0.05) is 57.3 Å². The van der Waals surface area contributed by atoms with Crippen molar-refractivity contribution in [2.24, 2.45) is 23.5 Å². The van der Waals surface area contributed by atoms with Crippen LogP contribution >= 0.6 is 11.8 Å². The summed E-state index contributed by atoms with van der Waals surface area (Å²) in [7, 11) is 0. The second-order valence-corrected chi connectivity index (χ2v) is 33.7. The van der Waals surface area contributed by atoms with Gasteiger partial charge in [0.15, 0.2) is 0 Å². The number of carbonyl (C=O) groups excluding carboxylic acids is 16. The number of carboxylic acid groups (broad SMARTS) is 3. The van der Waals surface area contributed by atoms with Crippen molar-refractivity contribution in [1.82, 2.24) is 84.7 Å². The van der Waals surface area contributed by atoms with E-state index in [0.717, 1.165) is 38.5 Å². The number of carbonyl (C=O) groups is 19. The molecule has 1 fully saturated rings. The molecule has 0 bridgehead atoms. The van der Waals surface area contributed by atoms with E-state index in [1.807, 2.05) is 6.92 Å². The Labute approximate surface area is 766 Å². The van der Waals surface area contributed by atoms with Gasteiger partial charge in [-0.1, -0.05) is 102 Å². The van der Waals surface area contributed by atoms with E-state index < -0.39 is 261 Å². The molecule has 0 saturated carbocycles. The molecule has 1 aliphatic rings. The fourth-order valence-electron chi connectivity index (χ4n) is 13.5. The van der Waals surface area contributed by atoms with E-state index in [1.165, 1.54) is 67.6 Å². The number of aliphatic carboxylic acids is 3. The van der Waals surface area contributed by atoms with Gasteiger partial charge in [0.25, 0.3) is 0 Å². The van der Waals surface area contributed by atoms with Crippen LogP contribution < -0.4 is 85.5 Å². The second kappa shape index (κ2) is 57.5. The number of aromatic hydroxyl groups is 2. The number of unbranched alkanes of at least 4 members (excludes halogenated alkanes) is 1. The number of nitrogens with zero attached hydrogens (tertiary/aromatic N) is 1. The lowest BCUT2D eigenvalue weighted by Crippen LogP contribution is -2.63. The molecule has 17 atom stereocenters. The van der Waals surface area contributed by atoms with E-state index >= 15 is 0 Å². The van der Waals surface area contributed by atoms with Gasteiger partial charge in [0.2, 0.25) is 94.5 Å². The Morgan fingerprint density at radius 3 is 1.35 bits per heavy atom. The first-order valence-corrected chi connectivity index (χ1v) is 44.4. The van der Waals surface area contributed by atoms with Gasteiger partial charge in [-0.05, 0) is 119 Å². The molecule has 0 aliphatic carbocycles. The maximum Gasteiger partial charge on any atom is 0.305 e. The average Bonchev–Trinajstić information content (AvgIpc) is 0.834. The molecule has 1 heterocycles. The minimum Gasteiger partial charge on any atom is -0.508 e. The molecule has 4 rings (SSSR count). The highest BCUT2D eigenvalue weighted by atomic mass is 32.2. The van der Waals surface area contributed by atoms with Crippen molar-refractivity contribution < 1.29 is 137 Å². The third-order valence-electron chi connectivity index (χ3n) is 21.0. The lowest BCUT2D eigenvalue weighted by atomic mass is 9.96. The SMILES string of the molecule is CC[C@H](C)[C@H](NC(=O)[C@H](CO)NC(=O)[C@H](Cc1ccc(O)cc1)NC(=O)[C@H](CC(=O)O)NC(=O)[C@H](CO)NC(=O)[C@@H](NC(=O)[C@H](Cc1ccccc1)NC(=O)[C@@H](NC(=O)CNC(=O)C(CCC(=O)O)NC(=O)CSCC(=O)NCCN1CCC[C@@H](C)C1=O)[C@@H](C)O)[C@@H](C)O)C(=O)N[C@@H](Cc1ccc(O)cc1)C(=O)N[C@@H](CC(C)C)C(=O)N[C@@H](CC(=O)O)C(=O)N[C@H](C)CCCCN. The maximum absolute atomic E-state index is 14.7. The van der Waals surface area contributed by atoms with Crippen molar-refractivity contribution in [2.75, 3.05) is 57.4 Å². The van der Waals surface area contributed by atoms with Crippen molar-refractivity contribution in [3.63, 3.8) is 0 Å². The molecule has 0 radical (unpaired) electrons. The standard InChI is InChI=1S/C86H127N17O28S/c1-9-46(4)71(83(128)96-59(37-53-22-26-55(109)27-23-53)77(122)92-57(34-45(2)3)76(121)94-61(38-69(115)116)75(120)90-48(6)17-13-14-30-87)101-82(127)64(42-105)98-78(123)58(36-52-20-24-54(108)25-21-52)93-79(124)62(39-70(117)118)95-81(126)63(41-104)99-85(130)73(50(8)107)102-80(125)60(35-51-18-11-10-12-19-51)97-84(129)72(49(7)106)100-65(110)40-89-74(119)56(28-29-68(113)114)91-67(112)44-132-43-66(111)88-31-33-103-32-15-16-47(5)86(103)131/h10-12,18-27,45-50,56-64,71-73,104-109H,9,13-17,28-44,87H2,1-8H3,(H,88,111)(H,89,119)(H,90,120)(H,91,112)(H,92,122)(H,93,124)(H,94,121)(H,95,126)(H,96,128)(H,97,129)(H,98,123)(H,99,130)(H,100,110)(H,101,127)(H,102,125)(H,113,114)(H,115,116)(H,117,118)/t46-,47+,48+,49+,50+,56?,57-,58-,59-,60-,61-,62-,63-,64-,71-,72-,73-/m0/s1. The highest BCUT2D eigenvalue weighted by molar-refractivity contribution is 8.00. The van der Waals surface area contributed by atoms with Crippen LogP contribution in [0.15, 0.2) is 78.9 Å². The molecule has 1 saturated heterocycles. The number of nitrogens with one attached hydrogen (secondary N) is 15. The van der Waals surface area contributed by atoms with E-state index in [0.29, 0.717) is 50.0 Å². The minimum atomic E-state index is -2.23. The first-order valence-electron chi connectivity index (χ1n) is 43.2. The second-order valence-electron chi connectivity index (χ2n) is 32.7. The summed E-state index contributed by atoms with van der Waals surface area (Å²) in [6, 6.07) is -4.23. The van der Waals surface area contributed by atoms with Crippen LogP contribution in [-0.4, -0.2) is 311 Å². The molecule has 45 nitrogen and oxygen atoms in total. The number of likely N-dealkylation sites (tertiary alicyclic amines) is 1. The van der Waals surface area contributed by atoms with Crippen LogP contribution in [0.3, 0.4) is 0 Å². The van der Waals surface area contributed by atoms with Crippen molar-refractivity contribution in [2.45, 2.75) is 236 Å². The van der Waals surface area contributed by atoms with Gasteiger partial charge < -0.3 is 136 Å². The van der Waals surface area contributed by atoms with Gasteiger partial charge in [-0.3, -0.25) is 91.1 Å². The quantitative estimate of drug-likeness (QED) is 0.0234. The van der Waals surface area contributed by atoms with Crippen LogP contribution in [0.4, 0.5) is 0 Å². The monoisotopic (exact) mass is 1880 g/mol. The number of nitrogens with two attached hydrogens (primary N) is 1. The van der Waals surface area contributed by atoms with Crippen molar-refractivity contribution in [3.05, 3.63) is 95.6 Å². The van der Waals surface area contributed by atoms with E-state index in [-0.39, 0.29) is 72.1 Å². The Kier molecular flexibility index (Phi) is 48.6. The van der Waals surface area contributed by atoms with Crippen LogP contribution in [0.25, 0.3) is 0 Å². The molecule has 730 valence electrons. The molecular formula is C86H127N17O28S. The molecule has 132 heavy (non-hydrogen) atoms. The molecule has 46 heteroatoms. The zero-order chi connectivity index (χ0) is 98.6. The van der Waals surface area contributed by atoms with Gasteiger partial charge in [-0.15, -0.1) is 11.8 Å². The Balaban J connectivity index is 1.52. The molecular weight excluding hydrogens is 1750 g/mol. The summed E-state index contributed by atoms with van der Waals surface area (Å²) < 4.78 is 0. The van der Waals surface area contributed by atoms with Crippen molar-refractivity contribution in [1.29, 1.82) is 0 Å². The Morgan fingerprint density at radius 2 is 0.864 bits per heavy atom. The largest absolute Gasteiger partial charge is 0.508 e. The van der Waals surface area contributed by atoms with E-state index in [2.05, 4.69) is 79.8 Å². The number of piperidine rings is 1. The van der Waals surface area contributed by atoms with Gasteiger partial charge in [-0.2, -0.15) is 0 Å². The molecule has 16 amide bonds. The molecule has 0 spiro atoms. The van der Waals surface area contributed by atoms with Gasteiger partial charge in [-0.25, -0.2) is 0 Å². The number of phenolic OH excluding ortho intramolecular Hbond substituents is 2. The number of thioether (sulfide) groups is 1. The first kappa shape index (κ1) is 112. The maximum atomic E-state index is 14.7. The number of phenols is 2. The number of rotatable bonds is 59. The lowest BCUT2D eigenvalue weighted by Gasteiger charge is -2.30. The van der Waals surface area contributed by atoms with Crippen molar-refractivity contribution in [3.8, 4) is 11.5 Å². The van der Waals surface area contributed by atoms with E-state index in [9.17, 15) is 137 Å². The summed E-state index contributed by atoms with van der Waals surface area (Å²) in [6.07, 6.45) is -4.75. The van der Waals surface area contributed by atoms with Gasteiger partial charge in [0.05, 0.1) is 56.3 Å². The summed E-state index contributed by atoms with van der Waals surface area (Å²) in [6.45, 7) is 10.1. The summed E-state index contributed by atoms with van der Waals surface area (Å²) in [4.78, 5) is 260. The van der Waals surface area contributed by atoms with Gasteiger partial charge in [0.1, 0.15) is 84.0 Å². The molecule has 3 aromatic carbocycles. The lowest BCUT2D eigenvalue weighted by molar-refractivity contribution is -0.142. The number of aliphatic hydroxyl groups is 4. The third kappa shape index (κ3) is 40.4.